The van der Waals surface area contributed by atoms with Gasteiger partial charge in [-0.2, -0.15) is 0 Å². The van der Waals surface area contributed by atoms with E-state index in [9.17, 15) is 0 Å². The average molecular weight is 167 g/mol. The first kappa shape index (κ1) is 9.85. The molecule has 0 atom stereocenters. The van der Waals surface area contributed by atoms with Gasteiger partial charge in [0.15, 0.2) is 0 Å². The molecule has 0 bridgehead atoms. The van der Waals surface area contributed by atoms with Gasteiger partial charge in [0.25, 0.3) is 0 Å². The van der Waals surface area contributed by atoms with Gasteiger partial charge >= 0.3 is 37.7 Å². The summed E-state index contributed by atoms with van der Waals surface area (Å²) < 4.78 is 4.35. The molecule has 0 aromatic carbocycles. The van der Waals surface area contributed by atoms with Gasteiger partial charge in [-0.3, -0.25) is 0 Å². The second-order valence-electron chi connectivity index (χ2n) is 0.398. The van der Waals surface area contributed by atoms with E-state index in [1.165, 1.54) is 0 Å². The quantitative estimate of drug-likeness (QED) is 0.514. The molecule has 0 amide bonds. The fourth-order valence-corrected chi connectivity index (χ4v) is 0. The molecule has 3 heteroatoms. The van der Waals surface area contributed by atoms with Gasteiger partial charge in [-0.05, 0) is 6.92 Å². The third-order valence-corrected chi connectivity index (χ3v) is 0.567. The number of halogens is 1. The van der Waals surface area contributed by atoms with Crippen LogP contribution in [-0.4, -0.2) is 44.3 Å². The molecule has 0 aliphatic carbocycles. The van der Waals surface area contributed by atoms with Gasteiger partial charge in [0.2, 0.25) is 0 Å². The third-order valence-electron chi connectivity index (χ3n) is 0.109. The predicted molar refractivity (Wildman–Crippen MR) is 29.1 cm³/mol. The van der Waals surface area contributed by atoms with Crippen LogP contribution in [0.3, 0.4) is 0 Å². The first-order chi connectivity index (χ1) is 1.91. The molecule has 0 aromatic rings. The molecule has 0 heterocycles. The maximum atomic E-state index is 4.35. The number of hydrogen-bond acceptors (Lipinski definition) is 1. The van der Waals surface area contributed by atoms with Crippen LogP contribution in [0, 0.1) is 0 Å². The molecule has 0 radical (unpaired) electrons. The SMILES string of the molecule is CCOBr.[CaH2]. The Morgan fingerprint density at radius 3 is 2.00 bits per heavy atom. The van der Waals surface area contributed by atoms with Crippen molar-refractivity contribution in [1.82, 2.24) is 0 Å². The Hall–Kier alpha value is 1.70. The van der Waals surface area contributed by atoms with E-state index in [0.29, 0.717) is 0 Å². The second kappa shape index (κ2) is 9.20. The average Bonchev–Trinajstić information content (AvgIpc) is 1.37. The van der Waals surface area contributed by atoms with Gasteiger partial charge in [-0.15, -0.1) is 0 Å². The van der Waals surface area contributed by atoms with Gasteiger partial charge in [0.05, 0.1) is 22.9 Å². The van der Waals surface area contributed by atoms with Crippen molar-refractivity contribution >= 4 is 54.0 Å². The summed E-state index contributed by atoms with van der Waals surface area (Å²) in [4.78, 5) is 0. The van der Waals surface area contributed by atoms with Crippen LogP contribution in [0.1, 0.15) is 6.92 Å². The first-order valence-corrected chi connectivity index (χ1v) is 1.80. The van der Waals surface area contributed by atoms with Crippen molar-refractivity contribution < 1.29 is 3.83 Å². The standard InChI is InChI=1S/C2H5BrO.Ca.2H/c1-2-4-3;;;/h2H2,1H3;;;. The Labute approximate surface area is 70.5 Å². The molecule has 0 aliphatic heterocycles. The van der Waals surface area contributed by atoms with E-state index in [4.69, 9.17) is 0 Å². The van der Waals surface area contributed by atoms with Gasteiger partial charge < -0.3 is 3.83 Å². The van der Waals surface area contributed by atoms with Crippen molar-refractivity contribution in [2.75, 3.05) is 6.61 Å². The molecule has 0 saturated heterocycles. The minimum atomic E-state index is 0. The first-order valence-electron chi connectivity index (χ1n) is 1.15. The second-order valence-corrected chi connectivity index (χ2v) is 0.856. The Morgan fingerprint density at radius 2 is 2.00 bits per heavy atom. The molecule has 5 heavy (non-hydrogen) atoms. The Kier molecular flexibility index (Phi) is 18.1. The zero-order valence-electron chi connectivity index (χ0n) is 2.49. The van der Waals surface area contributed by atoms with Gasteiger partial charge in [0.1, 0.15) is 0 Å². The molecular weight excluding hydrogens is 160 g/mol. The normalized spacial score (nSPS) is 6.00. The molecule has 0 N–H and O–H groups in total. The summed E-state index contributed by atoms with van der Waals surface area (Å²) in [5, 5.41) is 0. The van der Waals surface area contributed by atoms with Crippen molar-refractivity contribution in [3.8, 4) is 0 Å². The van der Waals surface area contributed by atoms with Crippen molar-refractivity contribution in [1.29, 1.82) is 0 Å². The summed E-state index contributed by atoms with van der Waals surface area (Å²) in [6.45, 7) is 2.65. The van der Waals surface area contributed by atoms with Crippen LogP contribution in [0.15, 0.2) is 0 Å². The molecule has 30 valence electrons. The predicted octanol–water partition coefficient (Wildman–Crippen LogP) is 0.417. The van der Waals surface area contributed by atoms with Crippen LogP contribution in [-0.2, 0) is 3.83 Å². The topological polar surface area (TPSA) is 9.23 Å². The van der Waals surface area contributed by atoms with E-state index in [2.05, 4.69) is 20.1 Å². The van der Waals surface area contributed by atoms with Crippen LogP contribution in [0.2, 0.25) is 0 Å². The Balaban J connectivity index is 0. The van der Waals surface area contributed by atoms with Gasteiger partial charge in [0, 0.05) is 0 Å². The van der Waals surface area contributed by atoms with E-state index in [0.717, 1.165) is 6.61 Å². The summed E-state index contributed by atoms with van der Waals surface area (Å²) in [7, 11) is 0. The molecule has 0 rings (SSSR count). The van der Waals surface area contributed by atoms with Crippen LogP contribution in [0.4, 0.5) is 0 Å². The van der Waals surface area contributed by atoms with Crippen molar-refractivity contribution in [3.63, 3.8) is 0 Å². The molecule has 0 fully saturated rings. The summed E-state index contributed by atoms with van der Waals surface area (Å²) >= 11 is 2.75. The van der Waals surface area contributed by atoms with E-state index in [1.807, 2.05) is 6.92 Å². The summed E-state index contributed by atoms with van der Waals surface area (Å²) in [5.41, 5.74) is 0. The van der Waals surface area contributed by atoms with Crippen molar-refractivity contribution in [2.45, 2.75) is 6.92 Å². The molecule has 1 nitrogen and oxygen atoms in total. The Morgan fingerprint density at radius 1 is 1.80 bits per heavy atom. The van der Waals surface area contributed by atoms with E-state index in [1.54, 1.807) is 0 Å². The molecule has 0 aliphatic rings. The van der Waals surface area contributed by atoms with Crippen LogP contribution < -0.4 is 0 Å². The summed E-state index contributed by atoms with van der Waals surface area (Å²) in [6.07, 6.45) is 0. The van der Waals surface area contributed by atoms with Crippen LogP contribution in [0.5, 0.6) is 0 Å². The summed E-state index contributed by atoms with van der Waals surface area (Å²) in [6, 6.07) is 0. The third kappa shape index (κ3) is 10.7. The fraction of sp³-hybridized carbons (Fsp3) is 1.00. The van der Waals surface area contributed by atoms with E-state index in [-0.39, 0.29) is 37.7 Å². The van der Waals surface area contributed by atoms with Gasteiger partial charge in [-0.25, -0.2) is 0 Å². The minimum absolute atomic E-state index is 0. The van der Waals surface area contributed by atoms with Crippen molar-refractivity contribution in [3.05, 3.63) is 0 Å². The monoisotopic (exact) mass is 166 g/mol. The van der Waals surface area contributed by atoms with Crippen LogP contribution in [0.25, 0.3) is 0 Å². The summed E-state index contributed by atoms with van der Waals surface area (Å²) in [5.74, 6) is 0. The van der Waals surface area contributed by atoms with Crippen molar-refractivity contribution in [2.24, 2.45) is 0 Å². The molecule has 0 unspecified atom stereocenters. The zero-order chi connectivity index (χ0) is 3.41. The van der Waals surface area contributed by atoms with Crippen LogP contribution >= 0.6 is 16.3 Å². The number of hydrogen-bond donors (Lipinski definition) is 0. The molecule has 0 aromatic heterocycles. The van der Waals surface area contributed by atoms with E-state index < -0.39 is 0 Å². The number of rotatable bonds is 1. The zero-order valence-corrected chi connectivity index (χ0v) is 4.08. The van der Waals surface area contributed by atoms with E-state index >= 15 is 0 Å². The maximum absolute atomic E-state index is 4.35. The molecule has 0 spiro atoms. The fourth-order valence-electron chi connectivity index (χ4n) is 0. The molecule has 0 saturated carbocycles. The Bertz CT molecular complexity index is 11.6. The molecular formula is C2H7BrCaO. The van der Waals surface area contributed by atoms with Gasteiger partial charge in [-0.1, -0.05) is 0 Å².